The Kier molecular flexibility index (Phi) is 7.46. The summed E-state index contributed by atoms with van der Waals surface area (Å²) < 4.78 is 0. The van der Waals surface area contributed by atoms with Crippen LogP contribution in [0, 0.1) is 0 Å². The number of hydrogen-bond donors (Lipinski definition) is 2. The summed E-state index contributed by atoms with van der Waals surface area (Å²) in [6, 6.07) is 19.7. The quantitative estimate of drug-likeness (QED) is 0.442. The van der Waals surface area contributed by atoms with Crippen molar-refractivity contribution in [3.8, 4) is 0 Å². The van der Waals surface area contributed by atoms with Crippen molar-refractivity contribution < 1.29 is 19.2 Å². The molecule has 1 fully saturated rings. The number of carbonyl (C=O) groups excluding carboxylic acids is 3. The fourth-order valence-electron chi connectivity index (χ4n) is 5.10. The van der Waals surface area contributed by atoms with Crippen LogP contribution in [0.3, 0.4) is 0 Å². The minimum Gasteiger partial charge on any atom is -0.354 e. The van der Waals surface area contributed by atoms with Crippen LogP contribution in [0.1, 0.15) is 51.8 Å². The van der Waals surface area contributed by atoms with Crippen molar-refractivity contribution >= 4 is 40.9 Å². The van der Waals surface area contributed by atoms with Gasteiger partial charge in [-0.2, -0.15) is 0 Å². The van der Waals surface area contributed by atoms with E-state index in [4.69, 9.17) is 28.0 Å². The van der Waals surface area contributed by atoms with Crippen molar-refractivity contribution in [2.45, 2.75) is 37.5 Å². The lowest BCUT2D eigenvalue weighted by Crippen LogP contribution is -2.57. The molecule has 0 aliphatic carbocycles. The lowest BCUT2D eigenvalue weighted by Gasteiger charge is -2.46. The van der Waals surface area contributed by atoms with Crippen LogP contribution in [-0.2, 0) is 21.0 Å². The molecule has 3 aromatic rings. The van der Waals surface area contributed by atoms with Gasteiger partial charge in [0.2, 0.25) is 5.91 Å². The fraction of sp³-hybridized carbons (Fsp3) is 0.250. The molecule has 0 unspecified atom stereocenters. The van der Waals surface area contributed by atoms with Gasteiger partial charge in [-0.25, -0.2) is 5.48 Å². The molecule has 2 N–H and O–H groups in total. The first kappa shape index (κ1) is 25.3. The van der Waals surface area contributed by atoms with Gasteiger partial charge in [0.25, 0.3) is 11.8 Å². The number of nitrogens with zero attached hydrogens (tertiary/aromatic N) is 1. The van der Waals surface area contributed by atoms with Crippen LogP contribution in [0.4, 0.5) is 0 Å². The molecule has 2 aliphatic heterocycles. The first-order valence-corrected chi connectivity index (χ1v) is 12.8. The molecule has 7 nitrogen and oxygen atoms in total. The van der Waals surface area contributed by atoms with Crippen LogP contribution in [-0.4, -0.2) is 35.2 Å². The highest BCUT2D eigenvalue weighted by Crippen LogP contribution is 2.46. The van der Waals surface area contributed by atoms with Crippen molar-refractivity contribution in [1.29, 1.82) is 0 Å². The van der Waals surface area contributed by atoms with Gasteiger partial charge in [0.05, 0.1) is 18.6 Å². The van der Waals surface area contributed by atoms with E-state index in [9.17, 15) is 14.4 Å². The third-order valence-electron chi connectivity index (χ3n) is 6.79. The van der Waals surface area contributed by atoms with E-state index >= 15 is 0 Å². The fourth-order valence-corrected chi connectivity index (χ4v) is 5.62. The molecule has 1 saturated heterocycles. The van der Waals surface area contributed by atoms with Crippen LogP contribution in [0.15, 0.2) is 72.8 Å². The molecule has 3 aromatic carbocycles. The first-order valence-electron chi connectivity index (χ1n) is 12.1. The number of amides is 3. The first-order chi connectivity index (χ1) is 18.0. The number of hydroxylamine groups is 1. The largest absolute Gasteiger partial charge is 0.354 e. The van der Waals surface area contributed by atoms with Crippen molar-refractivity contribution in [2.75, 3.05) is 6.54 Å². The van der Waals surface area contributed by atoms with E-state index in [0.717, 1.165) is 5.56 Å². The highest BCUT2D eigenvalue weighted by Gasteiger charge is 2.49. The molecule has 3 atom stereocenters. The van der Waals surface area contributed by atoms with Gasteiger partial charge in [0.15, 0.2) is 0 Å². The summed E-state index contributed by atoms with van der Waals surface area (Å²) in [5, 5.41) is 3.58. The normalized spacial score (nSPS) is 21.2. The maximum absolute atomic E-state index is 13.9. The van der Waals surface area contributed by atoms with Gasteiger partial charge in [0, 0.05) is 22.2 Å². The molecule has 5 rings (SSSR count). The molecule has 2 aliphatic rings. The van der Waals surface area contributed by atoms with Gasteiger partial charge >= 0.3 is 0 Å². The Balaban J connectivity index is 1.58. The number of nitrogens with one attached hydrogen (secondary N) is 2. The van der Waals surface area contributed by atoms with Crippen molar-refractivity contribution in [1.82, 2.24) is 15.7 Å². The molecule has 0 spiro atoms. The van der Waals surface area contributed by atoms with Gasteiger partial charge in [-0.15, -0.1) is 0 Å². The number of carbonyl (C=O) groups is 3. The Morgan fingerprint density at radius 2 is 1.76 bits per heavy atom. The predicted octanol–water partition coefficient (Wildman–Crippen LogP) is 4.80. The Morgan fingerprint density at radius 3 is 2.51 bits per heavy atom. The number of fused-ring (bicyclic) bond motifs is 1. The van der Waals surface area contributed by atoms with Gasteiger partial charge in [-0.1, -0.05) is 77.8 Å². The Morgan fingerprint density at radius 1 is 1.00 bits per heavy atom. The molecule has 2 heterocycles. The molecule has 3 amide bonds. The van der Waals surface area contributed by atoms with E-state index in [1.165, 1.54) is 4.90 Å². The van der Waals surface area contributed by atoms with E-state index in [1.54, 1.807) is 42.5 Å². The summed E-state index contributed by atoms with van der Waals surface area (Å²) in [7, 11) is 0. The topological polar surface area (TPSA) is 87.7 Å². The minimum absolute atomic E-state index is 0.168. The van der Waals surface area contributed by atoms with E-state index in [-0.39, 0.29) is 18.4 Å². The smallest absolute Gasteiger partial charge is 0.255 e. The molecular weight excluding hydrogens is 513 g/mol. The third-order valence-corrected chi connectivity index (χ3v) is 7.35. The van der Waals surface area contributed by atoms with Gasteiger partial charge in [-0.05, 0) is 47.7 Å². The minimum atomic E-state index is -0.891. The van der Waals surface area contributed by atoms with Crippen LogP contribution >= 0.6 is 23.2 Å². The molecule has 9 heteroatoms. The van der Waals surface area contributed by atoms with E-state index < -0.39 is 23.9 Å². The highest BCUT2D eigenvalue weighted by atomic mass is 35.5. The Hall–Kier alpha value is -3.39. The zero-order valence-corrected chi connectivity index (χ0v) is 21.3. The lowest BCUT2D eigenvalue weighted by atomic mass is 9.78. The van der Waals surface area contributed by atoms with Gasteiger partial charge in [0.1, 0.15) is 6.04 Å². The van der Waals surface area contributed by atoms with Crippen LogP contribution in [0.2, 0.25) is 10.0 Å². The Bertz CT molecular complexity index is 1330. The molecule has 0 radical (unpaired) electrons. The zero-order valence-electron chi connectivity index (χ0n) is 19.8. The second-order valence-corrected chi connectivity index (χ2v) is 9.92. The molecule has 0 saturated carbocycles. The summed E-state index contributed by atoms with van der Waals surface area (Å²) in [5.41, 5.74) is 4.89. The van der Waals surface area contributed by atoms with Crippen LogP contribution in [0.25, 0.3) is 0 Å². The molecule has 190 valence electrons. The molecule has 0 bridgehead atoms. The summed E-state index contributed by atoms with van der Waals surface area (Å²) >= 11 is 12.8. The maximum Gasteiger partial charge on any atom is 0.255 e. The second-order valence-electron chi connectivity index (χ2n) is 9.08. The number of piperidine rings is 1. The average Bonchev–Trinajstić information content (AvgIpc) is 2.90. The van der Waals surface area contributed by atoms with Crippen LogP contribution in [0.5, 0.6) is 0 Å². The van der Waals surface area contributed by atoms with Gasteiger partial charge < -0.3 is 10.2 Å². The molecule has 0 aromatic heterocycles. The maximum atomic E-state index is 13.9. The summed E-state index contributed by atoms with van der Waals surface area (Å²) in [4.78, 5) is 47.8. The summed E-state index contributed by atoms with van der Waals surface area (Å²) in [6.07, 6.45) is 1.18. The summed E-state index contributed by atoms with van der Waals surface area (Å²) in [5.74, 6) is -1.93. The van der Waals surface area contributed by atoms with Gasteiger partial charge in [-0.3, -0.25) is 19.2 Å². The number of halogens is 2. The molecular formula is C28H25Cl2N3O4. The van der Waals surface area contributed by atoms with E-state index in [2.05, 4.69) is 10.8 Å². The number of hydrogen-bond acceptors (Lipinski definition) is 4. The second kappa shape index (κ2) is 10.9. The number of rotatable bonds is 6. The highest BCUT2D eigenvalue weighted by molar-refractivity contribution is 6.35. The van der Waals surface area contributed by atoms with E-state index in [0.29, 0.717) is 46.1 Å². The van der Waals surface area contributed by atoms with Crippen LogP contribution < -0.4 is 10.8 Å². The lowest BCUT2D eigenvalue weighted by molar-refractivity contribution is -0.139. The van der Waals surface area contributed by atoms with Crippen molar-refractivity contribution in [3.63, 3.8) is 0 Å². The summed E-state index contributed by atoms with van der Waals surface area (Å²) in [6.45, 7) is 0.707. The third kappa shape index (κ3) is 5.07. The predicted molar refractivity (Wildman–Crippen MR) is 140 cm³/mol. The van der Waals surface area contributed by atoms with Crippen molar-refractivity contribution in [2.24, 2.45) is 0 Å². The van der Waals surface area contributed by atoms with E-state index in [1.807, 2.05) is 30.3 Å². The molecule has 37 heavy (non-hydrogen) atoms. The standard InChI is InChI=1S/C28H25Cl2N3O4/c29-18-12-13-21(22(30)15-18)25-24(27(35)32-37-16-17-7-2-1-3-8-17)19-9-4-5-10-20(19)28(36)33(25)23-11-6-14-31-26(23)34/h1-5,7-10,12-13,15,23-25H,6,11,14,16H2,(H,31,34)(H,32,35)/t23-,24+,25-/m1/s1. The Labute approximate surface area is 224 Å². The number of benzene rings is 3. The SMILES string of the molecule is O=C1NCCC[C@H]1N1C(=O)c2ccccc2[C@H](C(=O)NOCc2ccccc2)[C@H]1c1ccc(Cl)cc1Cl. The average molecular weight is 538 g/mol. The van der Waals surface area contributed by atoms with Crippen molar-refractivity contribution in [3.05, 3.63) is 105 Å². The monoisotopic (exact) mass is 537 g/mol. The zero-order chi connectivity index (χ0) is 25.9.